The van der Waals surface area contributed by atoms with Crippen LogP contribution in [0.1, 0.15) is 23.3 Å². The number of nitrogens with one attached hydrogen (secondary N) is 1. The lowest BCUT2D eigenvalue weighted by atomic mass is 9.81. The Morgan fingerprint density at radius 2 is 2.04 bits per heavy atom. The SMILES string of the molecule is O=C(O)c1csc(NC(=O)C2CC(Oc3cccc4cccnc34)C2)n1. The molecule has 1 aliphatic rings. The van der Waals surface area contributed by atoms with Gasteiger partial charge in [-0.1, -0.05) is 18.2 Å². The molecule has 2 N–H and O–H groups in total. The van der Waals surface area contributed by atoms with Crippen LogP contribution < -0.4 is 10.1 Å². The molecule has 0 spiro atoms. The van der Waals surface area contributed by atoms with Crippen molar-refractivity contribution in [1.82, 2.24) is 9.97 Å². The lowest BCUT2D eigenvalue weighted by Crippen LogP contribution is -2.40. The predicted octanol–water partition coefficient (Wildman–Crippen LogP) is 3.19. The molecule has 1 aromatic carbocycles. The van der Waals surface area contributed by atoms with Gasteiger partial charge in [0.1, 0.15) is 17.4 Å². The average molecular weight is 369 g/mol. The van der Waals surface area contributed by atoms with E-state index in [1.54, 1.807) is 6.20 Å². The molecule has 0 radical (unpaired) electrons. The van der Waals surface area contributed by atoms with Crippen molar-refractivity contribution in [2.75, 3.05) is 5.32 Å². The summed E-state index contributed by atoms with van der Waals surface area (Å²) in [7, 11) is 0. The quantitative estimate of drug-likeness (QED) is 0.716. The van der Waals surface area contributed by atoms with Crippen molar-refractivity contribution in [3.8, 4) is 5.75 Å². The van der Waals surface area contributed by atoms with Crippen LogP contribution in [0.2, 0.25) is 0 Å². The van der Waals surface area contributed by atoms with Gasteiger partial charge < -0.3 is 15.2 Å². The van der Waals surface area contributed by atoms with Crippen molar-refractivity contribution in [2.24, 2.45) is 5.92 Å². The maximum Gasteiger partial charge on any atom is 0.355 e. The molecule has 1 saturated carbocycles. The number of hydrogen-bond acceptors (Lipinski definition) is 6. The Morgan fingerprint density at radius 3 is 2.81 bits per heavy atom. The van der Waals surface area contributed by atoms with E-state index in [-0.39, 0.29) is 23.6 Å². The van der Waals surface area contributed by atoms with Crippen LogP contribution in [0.25, 0.3) is 10.9 Å². The number of aromatic carboxylic acids is 1. The highest BCUT2D eigenvalue weighted by Gasteiger charge is 2.36. The van der Waals surface area contributed by atoms with Gasteiger partial charge in [0.2, 0.25) is 5.91 Å². The van der Waals surface area contributed by atoms with Crippen molar-refractivity contribution < 1.29 is 19.4 Å². The van der Waals surface area contributed by atoms with Gasteiger partial charge in [-0.05, 0) is 25.0 Å². The number of carboxylic acid groups (broad SMARTS) is 1. The number of carbonyl (C=O) groups excluding carboxylic acids is 1. The number of carboxylic acids is 1. The van der Waals surface area contributed by atoms with Crippen LogP contribution in [0.4, 0.5) is 5.13 Å². The van der Waals surface area contributed by atoms with E-state index >= 15 is 0 Å². The fourth-order valence-electron chi connectivity index (χ4n) is 2.86. The average Bonchev–Trinajstić information content (AvgIpc) is 3.06. The van der Waals surface area contributed by atoms with Gasteiger partial charge in [0.05, 0.1) is 0 Å². The zero-order valence-corrected chi connectivity index (χ0v) is 14.4. The van der Waals surface area contributed by atoms with Crippen LogP contribution in [-0.2, 0) is 4.79 Å². The molecule has 4 rings (SSSR count). The number of thiazole rings is 1. The Balaban J connectivity index is 1.34. The van der Waals surface area contributed by atoms with Gasteiger partial charge in [-0.3, -0.25) is 9.78 Å². The molecule has 1 aliphatic carbocycles. The molecular weight excluding hydrogens is 354 g/mol. The Morgan fingerprint density at radius 1 is 1.23 bits per heavy atom. The summed E-state index contributed by atoms with van der Waals surface area (Å²) in [6.45, 7) is 0. The molecule has 0 saturated heterocycles. The van der Waals surface area contributed by atoms with Crippen LogP contribution in [-0.4, -0.2) is 33.1 Å². The highest BCUT2D eigenvalue weighted by atomic mass is 32.1. The largest absolute Gasteiger partial charge is 0.488 e. The lowest BCUT2D eigenvalue weighted by molar-refractivity contribution is -0.125. The normalized spacial score (nSPS) is 18.9. The van der Waals surface area contributed by atoms with E-state index in [1.165, 1.54) is 5.38 Å². The summed E-state index contributed by atoms with van der Waals surface area (Å²) in [6.07, 6.45) is 2.90. The lowest BCUT2D eigenvalue weighted by Gasteiger charge is -2.34. The van der Waals surface area contributed by atoms with Gasteiger partial charge in [-0.15, -0.1) is 11.3 Å². The predicted molar refractivity (Wildman–Crippen MR) is 96.6 cm³/mol. The van der Waals surface area contributed by atoms with Gasteiger partial charge in [0.15, 0.2) is 10.8 Å². The van der Waals surface area contributed by atoms with Gasteiger partial charge in [0, 0.05) is 22.9 Å². The maximum atomic E-state index is 12.2. The van der Waals surface area contributed by atoms with E-state index in [0.29, 0.717) is 18.0 Å². The Labute approximate surface area is 152 Å². The number of benzene rings is 1. The number of ether oxygens (including phenoxy) is 1. The number of aromatic nitrogens is 2. The van der Waals surface area contributed by atoms with E-state index in [9.17, 15) is 9.59 Å². The Kier molecular flexibility index (Phi) is 4.26. The molecule has 2 aromatic heterocycles. The minimum Gasteiger partial charge on any atom is -0.488 e. The second-order valence-corrected chi connectivity index (χ2v) is 6.93. The molecule has 2 heterocycles. The standard InChI is InChI=1S/C18H15N3O4S/c22-16(21-18-20-13(9-26-18)17(23)24)11-7-12(8-11)25-14-5-1-3-10-4-2-6-19-15(10)14/h1-6,9,11-12H,7-8H2,(H,23,24)(H,20,21,22). The molecule has 26 heavy (non-hydrogen) atoms. The number of nitrogens with zero attached hydrogens (tertiary/aromatic N) is 2. The van der Waals surface area contributed by atoms with Gasteiger partial charge in [-0.25, -0.2) is 9.78 Å². The summed E-state index contributed by atoms with van der Waals surface area (Å²) >= 11 is 1.10. The smallest absolute Gasteiger partial charge is 0.355 e. The van der Waals surface area contributed by atoms with Gasteiger partial charge >= 0.3 is 5.97 Å². The van der Waals surface area contributed by atoms with Gasteiger partial charge in [-0.2, -0.15) is 0 Å². The topological polar surface area (TPSA) is 101 Å². The maximum absolute atomic E-state index is 12.2. The molecule has 0 bridgehead atoms. The van der Waals surface area contributed by atoms with Crippen molar-refractivity contribution in [3.05, 3.63) is 47.6 Å². The van der Waals surface area contributed by atoms with E-state index in [0.717, 1.165) is 28.0 Å². The number of rotatable bonds is 5. The summed E-state index contributed by atoms with van der Waals surface area (Å²) in [5.74, 6) is -0.715. The number of amides is 1. The number of anilines is 1. The van der Waals surface area contributed by atoms with Crippen LogP contribution in [0, 0.1) is 5.92 Å². The molecule has 3 aromatic rings. The van der Waals surface area contributed by atoms with Crippen LogP contribution in [0.15, 0.2) is 41.9 Å². The Hall–Kier alpha value is -3.00. The second kappa shape index (κ2) is 6.72. The van der Waals surface area contributed by atoms with E-state index in [2.05, 4.69) is 15.3 Å². The monoisotopic (exact) mass is 369 g/mol. The molecule has 1 fully saturated rings. The van der Waals surface area contributed by atoms with Crippen LogP contribution >= 0.6 is 11.3 Å². The first kappa shape index (κ1) is 16.5. The third-order valence-electron chi connectivity index (χ3n) is 4.31. The fourth-order valence-corrected chi connectivity index (χ4v) is 3.55. The van der Waals surface area contributed by atoms with E-state index in [4.69, 9.17) is 9.84 Å². The van der Waals surface area contributed by atoms with Crippen molar-refractivity contribution in [2.45, 2.75) is 18.9 Å². The summed E-state index contributed by atoms with van der Waals surface area (Å²) in [5, 5.41) is 14.2. The molecular formula is C18H15N3O4S. The molecule has 7 nitrogen and oxygen atoms in total. The first-order valence-electron chi connectivity index (χ1n) is 8.10. The van der Waals surface area contributed by atoms with Gasteiger partial charge in [0.25, 0.3) is 0 Å². The van der Waals surface area contributed by atoms with Crippen LogP contribution in [0.5, 0.6) is 5.75 Å². The second-order valence-electron chi connectivity index (χ2n) is 6.07. The summed E-state index contributed by atoms with van der Waals surface area (Å²) in [5.41, 5.74) is 0.746. The molecule has 1 amide bonds. The Bertz CT molecular complexity index is 976. The number of carbonyl (C=O) groups is 2. The molecule has 0 unspecified atom stereocenters. The highest BCUT2D eigenvalue weighted by molar-refractivity contribution is 7.14. The van der Waals surface area contributed by atoms with Crippen molar-refractivity contribution >= 4 is 39.2 Å². The third kappa shape index (κ3) is 3.23. The summed E-state index contributed by atoms with van der Waals surface area (Å²) in [4.78, 5) is 31.3. The summed E-state index contributed by atoms with van der Waals surface area (Å²) in [6, 6.07) is 9.64. The summed E-state index contributed by atoms with van der Waals surface area (Å²) < 4.78 is 6.00. The number of hydrogen-bond donors (Lipinski definition) is 2. The minimum absolute atomic E-state index is 0.0377. The molecule has 0 atom stereocenters. The number of para-hydroxylation sites is 1. The fraction of sp³-hybridized carbons (Fsp3) is 0.222. The zero-order valence-electron chi connectivity index (χ0n) is 13.6. The highest BCUT2D eigenvalue weighted by Crippen LogP contribution is 2.34. The van der Waals surface area contributed by atoms with Crippen LogP contribution in [0.3, 0.4) is 0 Å². The molecule has 0 aliphatic heterocycles. The minimum atomic E-state index is -1.11. The van der Waals surface area contributed by atoms with Crippen molar-refractivity contribution in [3.63, 3.8) is 0 Å². The van der Waals surface area contributed by atoms with Crippen molar-refractivity contribution in [1.29, 1.82) is 0 Å². The number of pyridine rings is 1. The van der Waals surface area contributed by atoms with E-state index in [1.807, 2.05) is 30.3 Å². The number of fused-ring (bicyclic) bond motifs is 1. The first-order valence-corrected chi connectivity index (χ1v) is 8.98. The molecule has 8 heteroatoms. The van der Waals surface area contributed by atoms with E-state index < -0.39 is 5.97 Å². The zero-order chi connectivity index (χ0) is 18.1. The third-order valence-corrected chi connectivity index (χ3v) is 5.07. The molecule has 132 valence electrons. The first-order chi connectivity index (χ1) is 12.6.